The Morgan fingerprint density at radius 1 is 1.30 bits per heavy atom. The Balaban J connectivity index is 2.56. The smallest absolute Gasteiger partial charge is 0.239 e. The van der Waals surface area contributed by atoms with E-state index in [1.807, 2.05) is 11.8 Å². The van der Waals surface area contributed by atoms with Crippen molar-refractivity contribution < 1.29 is 4.79 Å². The quantitative estimate of drug-likeness (QED) is 0.664. The van der Waals surface area contributed by atoms with E-state index in [2.05, 4.69) is 18.7 Å². The Morgan fingerprint density at radius 2 is 2.00 bits per heavy atom. The number of nitrogens with two attached hydrogens (primary N) is 1. The first kappa shape index (κ1) is 17.8. The SMILES string of the molecule is CCCC[C@H](N)C(=O)N(CCSCC)C1CCCCC1. The second-order valence-electron chi connectivity index (χ2n) is 5.77. The predicted octanol–water partition coefficient (Wildman–Crippen LogP) is 3.42. The van der Waals surface area contributed by atoms with Gasteiger partial charge in [0.2, 0.25) is 5.91 Å². The van der Waals surface area contributed by atoms with Crippen molar-refractivity contribution in [3.05, 3.63) is 0 Å². The van der Waals surface area contributed by atoms with Crippen LogP contribution in [0, 0.1) is 0 Å². The fourth-order valence-corrected chi connectivity index (χ4v) is 3.55. The number of hydrogen-bond donors (Lipinski definition) is 1. The molecule has 1 amide bonds. The maximum Gasteiger partial charge on any atom is 0.239 e. The van der Waals surface area contributed by atoms with Crippen LogP contribution in [0.1, 0.15) is 65.2 Å². The normalized spacial score (nSPS) is 17.9. The number of nitrogens with zero attached hydrogens (tertiary/aromatic N) is 1. The van der Waals surface area contributed by atoms with Crippen LogP contribution in [0.4, 0.5) is 0 Å². The highest BCUT2D eigenvalue weighted by Crippen LogP contribution is 2.23. The van der Waals surface area contributed by atoms with Gasteiger partial charge in [0.25, 0.3) is 0 Å². The molecule has 1 saturated carbocycles. The van der Waals surface area contributed by atoms with E-state index in [4.69, 9.17) is 5.73 Å². The van der Waals surface area contributed by atoms with Crippen LogP contribution < -0.4 is 5.73 Å². The lowest BCUT2D eigenvalue weighted by Gasteiger charge is -2.36. The molecule has 0 unspecified atom stereocenters. The van der Waals surface area contributed by atoms with Crippen molar-refractivity contribution >= 4 is 17.7 Å². The van der Waals surface area contributed by atoms with Gasteiger partial charge >= 0.3 is 0 Å². The molecule has 1 fully saturated rings. The number of amides is 1. The predicted molar refractivity (Wildman–Crippen MR) is 89.1 cm³/mol. The van der Waals surface area contributed by atoms with Gasteiger partial charge in [0.1, 0.15) is 0 Å². The molecule has 1 aliphatic carbocycles. The lowest BCUT2D eigenvalue weighted by atomic mass is 9.93. The van der Waals surface area contributed by atoms with Gasteiger partial charge < -0.3 is 10.6 Å². The van der Waals surface area contributed by atoms with E-state index >= 15 is 0 Å². The average molecular weight is 301 g/mol. The average Bonchev–Trinajstić information content (AvgIpc) is 2.49. The zero-order chi connectivity index (χ0) is 14.8. The molecule has 0 aromatic heterocycles. The molecule has 2 N–H and O–H groups in total. The summed E-state index contributed by atoms with van der Waals surface area (Å²) in [5, 5.41) is 0. The van der Waals surface area contributed by atoms with Gasteiger partial charge in [-0.3, -0.25) is 4.79 Å². The lowest BCUT2D eigenvalue weighted by Crippen LogP contribution is -2.50. The van der Waals surface area contributed by atoms with Crippen molar-refractivity contribution in [2.24, 2.45) is 5.73 Å². The molecule has 20 heavy (non-hydrogen) atoms. The zero-order valence-corrected chi connectivity index (χ0v) is 14.1. The van der Waals surface area contributed by atoms with Gasteiger partial charge in [-0.05, 0) is 25.0 Å². The second kappa shape index (κ2) is 10.5. The number of carbonyl (C=O) groups excluding carboxylic acids is 1. The molecule has 0 bridgehead atoms. The summed E-state index contributed by atoms with van der Waals surface area (Å²) < 4.78 is 0. The van der Waals surface area contributed by atoms with Gasteiger partial charge in [0.05, 0.1) is 6.04 Å². The minimum atomic E-state index is -0.288. The van der Waals surface area contributed by atoms with E-state index in [9.17, 15) is 4.79 Å². The van der Waals surface area contributed by atoms with Crippen molar-refractivity contribution in [1.29, 1.82) is 0 Å². The molecule has 0 saturated heterocycles. The van der Waals surface area contributed by atoms with Gasteiger partial charge in [0.15, 0.2) is 0 Å². The summed E-state index contributed by atoms with van der Waals surface area (Å²) in [6, 6.07) is 0.157. The van der Waals surface area contributed by atoms with E-state index in [-0.39, 0.29) is 11.9 Å². The molecule has 1 rings (SSSR count). The molecule has 1 aliphatic rings. The summed E-state index contributed by atoms with van der Waals surface area (Å²) in [6.07, 6.45) is 9.18. The topological polar surface area (TPSA) is 46.3 Å². The highest BCUT2D eigenvalue weighted by molar-refractivity contribution is 7.99. The second-order valence-corrected chi connectivity index (χ2v) is 7.16. The molecule has 0 spiro atoms. The minimum absolute atomic E-state index is 0.196. The Kier molecular flexibility index (Phi) is 9.36. The molecule has 118 valence electrons. The van der Waals surface area contributed by atoms with Gasteiger partial charge in [-0.2, -0.15) is 11.8 Å². The van der Waals surface area contributed by atoms with E-state index in [0.717, 1.165) is 37.3 Å². The van der Waals surface area contributed by atoms with Crippen molar-refractivity contribution in [1.82, 2.24) is 4.90 Å². The molecule has 0 aromatic carbocycles. The van der Waals surface area contributed by atoms with Gasteiger partial charge in [-0.15, -0.1) is 0 Å². The highest BCUT2D eigenvalue weighted by atomic mass is 32.2. The maximum atomic E-state index is 12.6. The Morgan fingerprint density at radius 3 is 2.60 bits per heavy atom. The molecule has 4 heteroatoms. The summed E-state index contributed by atoms with van der Waals surface area (Å²) in [7, 11) is 0. The molecule has 0 radical (unpaired) electrons. The Bertz CT molecular complexity index is 267. The van der Waals surface area contributed by atoms with Gasteiger partial charge in [-0.1, -0.05) is 46.0 Å². The number of unbranched alkanes of at least 4 members (excludes halogenated alkanes) is 1. The van der Waals surface area contributed by atoms with Crippen molar-refractivity contribution in [2.75, 3.05) is 18.1 Å². The maximum absolute atomic E-state index is 12.6. The first-order chi connectivity index (χ1) is 9.70. The molecular weight excluding hydrogens is 268 g/mol. The highest BCUT2D eigenvalue weighted by Gasteiger charge is 2.28. The number of carbonyl (C=O) groups is 1. The monoisotopic (exact) mass is 300 g/mol. The minimum Gasteiger partial charge on any atom is -0.338 e. The van der Waals surface area contributed by atoms with E-state index < -0.39 is 0 Å². The van der Waals surface area contributed by atoms with E-state index in [0.29, 0.717) is 6.04 Å². The van der Waals surface area contributed by atoms with E-state index in [1.165, 1.54) is 32.1 Å². The molecule has 0 heterocycles. The van der Waals surface area contributed by atoms with Crippen LogP contribution in [0.25, 0.3) is 0 Å². The standard InChI is InChI=1S/C16H32N2OS/c1-3-5-11-15(17)16(19)18(12-13-20-4-2)14-9-7-6-8-10-14/h14-15H,3-13,17H2,1-2H3/t15-/m0/s1. The largest absolute Gasteiger partial charge is 0.338 e. The van der Waals surface area contributed by atoms with Crippen molar-refractivity contribution in [2.45, 2.75) is 77.3 Å². The third kappa shape index (κ3) is 6.04. The Labute approximate surface area is 129 Å². The van der Waals surface area contributed by atoms with Crippen molar-refractivity contribution in [3.63, 3.8) is 0 Å². The summed E-state index contributed by atoms with van der Waals surface area (Å²) in [6.45, 7) is 5.19. The summed E-state index contributed by atoms with van der Waals surface area (Å²) >= 11 is 1.91. The fourth-order valence-electron chi connectivity index (χ4n) is 2.93. The first-order valence-electron chi connectivity index (χ1n) is 8.34. The van der Waals surface area contributed by atoms with Crippen molar-refractivity contribution in [3.8, 4) is 0 Å². The van der Waals surface area contributed by atoms with E-state index in [1.54, 1.807) is 0 Å². The van der Waals surface area contributed by atoms with Crippen LogP contribution in [0.2, 0.25) is 0 Å². The molecule has 1 atom stereocenters. The molecule has 0 aromatic rings. The number of thioether (sulfide) groups is 1. The third-order valence-electron chi connectivity index (χ3n) is 4.17. The zero-order valence-electron chi connectivity index (χ0n) is 13.3. The van der Waals surface area contributed by atoms with Gasteiger partial charge in [-0.25, -0.2) is 0 Å². The summed E-state index contributed by atoms with van der Waals surface area (Å²) in [4.78, 5) is 14.7. The van der Waals surface area contributed by atoms with Crippen LogP contribution in [0.5, 0.6) is 0 Å². The summed E-state index contributed by atoms with van der Waals surface area (Å²) in [5.41, 5.74) is 6.12. The number of rotatable bonds is 9. The fraction of sp³-hybridized carbons (Fsp3) is 0.938. The van der Waals surface area contributed by atoms with Crippen LogP contribution in [-0.2, 0) is 4.79 Å². The summed E-state index contributed by atoms with van der Waals surface area (Å²) in [5.74, 6) is 2.36. The van der Waals surface area contributed by atoms with Crippen LogP contribution in [0.3, 0.4) is 0 Å². The Hall–Kier alpha value is -0.220. The number of hydrogen-bond acceptors (Lipinski definition) is 3. The van der Waals surface area contributed by atoms with Crippen LogP contribution in [0.15, 0.2) is 0 Å². The molecule has 0 aliphatic heterocycles. The molecular formula is C16H32N2OS. The first-order valence-corrected chi connectivity index (χ1v) is 9.50. The van der Waals surface area contributed by atoms with Crippen LogP contribution in [-0.4, -0.2) is 40.9 Å². The molecule has 3 nitrogen and oxygen atoms in total. The lowest BCUT2D eigenvalue weighted by molar-refractivity contribution is -0.135. The van der Waals surface area contributed by atoms with Gasteiger partial charge in [0, 0.05) is 18.3 Å². The van der Waals surface area contributed by atoms with Crippen LogP contribution >= 0.6 is 11.8 Å². The third-order valence-corrected chi connectivity index (χ3v) is 5.04.